The van der Waals surface area contributed by atoms with E-state index < -0.39 is 0 Å². The monoisotopic (exact) mass is 318 g/mol. The van der Waals surface area contributed by atoms with Gasteiger partial charge in [0.15, 0.2) is 11.5 Å². The van der Waals surface area contributed by atoms with Crippen molar-refractivity contribution in [1.82, 2.24) is 20.2 Å². The molecule has 6 heteroatoms. The number of nitrogens with zero attached hydrogens (tertiary/aromatic N) is 2. The first-order valence-corrected chi connectivity index (χ1v) is 8.46. The van der Waals surface area contributed by atoms with Crippen LogP contribution in [0.2, 0.25) is 0 Å². The van der Waals surface area contributed by atoms with Crippen molar-refractivity contribution in [3.05, 3.63) is 28.9 Å². The van der Waals surface area contributed by atoms with Crippen LogP contribution in [0.1, 0.15) is 37.0 Å². The topological polar surface area (TPSA) is 59.0 Å². The average molecular weight is 318 g/mol. The molecule has 5 nitrogen and oxygen atoms in total. The van der Waals surface area contributed by atoms with Gasteiger partial charge in [0, 0.05) is 26.2 Å². The van der Waals surface area contributed by atoms with Crippen molar-refractivity contribution >= 4 is 17.2 Å². The number of hydrogen-bond donors (Lipinski definition) is 2. The van der Waals surface area contributed by atoms with Gasteiger partial charge in [0.2, 0.25) is 0 Å². The summed E-state index contributed by atoms with van der Waals surface area (Å²) in [5.74, 6) is 0.831. The van der Waals surface area contributed by atoms with Crippen LogP contribution >= 0.6 is 11.3 Å². The zero-order valence-corrected chi connectivity index (χ0v) is 14.1. The second-order valence-corrected chi connectivity index (χ2v) is 7.73. The Morgan fingerprint density at radius 1 is 1.50 bits per heavy atom. The van der Waals surface area contributed by atoms with E-state index in [0.29, 0.717) is 18.8 Å². The zero-order valence-electron chi connectivity index (χ0n) is 13.3. The molecule has 0 aromatic carbocycles. The first-order chi connectivity index (χ1) is 10.5. The predicted octanol–water partition coefficient (Wildman–Crippen LogP) is 2.49. The highest BCUT2D eigenvalue weighted by molar-refractivity contribution is 7.13. The Labute approximate surface area is 134 Å². The van der Waals surface area contributed by atoms with Gasteiger partial charge in [-0.1, -0.05) is 26.8 Å². The molecule has 22 heavy (non-hydrogen) atoms. The maximum atomic E-state index is 12.5. The van der Waals surface area contributed by atoms with Crippen molar-refractivity contribution in [2.24, 2.45) is 5.41 Å². The average Bonchev–Trinajstić information content (AvgIpc) is 3.11. The maximum absolute atomic E-state index is 12.5. The summed E-state index contributed by atoms with van der Waals surface area (Å²) in [6.07, 6.45) is 0. The van der Waals surface area contributed by atoms with E-state index in [9.17, 15) is 4.79 Å². The lowest BCUT2D eigenvalue weighted by molar-refractivity contribution is 0.0933. The molecule has 0 saturated heterocycles. The number of nitrogens with one attached hydrogen (secondary N) is 2. The van der Waals surface area contributed by atoms with E-state index in [-0.39, 0.29) is 11.3 Å². The smallest absolute Gasteiger partial charge is 0.271 e. The minimum Gasteiger partial charge on any atom is -0.350 e. The first kappa shape index (κ1) is 15.2. The van der Waals surface area contributed by atoms with Crippen molar-refractivity contribution in [1.29, 1.82) is 0 Å². The molecule has 1 aliphatic heterocycles. The van der Waals surface area contributed by atoms with Gasteiger partial charge in [-0.05, 0) is 16.9 Å². The Bertz CT molecular complexity index is 667. The van der Waals surface area contributed by atoms with Crippen molar-refractivity contribution < 1.29 is 4.79 Å². The van der Waals surface area contributed by atoms with E-state index in [1.165, 1.54) is 0 Å². The van der Waals surface area contributed by atoms with Crippen LogP contribution in [0.5, 0.6) is 0 Å². The van der Waals surface area contributed by atoms with E-state index in [4.69, 9.17) is 0 Å². The van der Waals surface area contributed by atoms with E-state index in [1.54, 1.807) is 11.3 Å². The molecule has 2 aromatic heterocycles. The van der Waals surface area contributed by atoms with Crippen molar-refractivity contribution in [2.45, 2.75) is 33.9 Å². The van der Waals surface area contributed by atoms with E-state index >= 15 is 0 Å². The van der Waals surface area contributed by atoms with Crippen LogP contribution < -0.4 is 10.6 Å². The Kier molecular flexibility index (Phi) is 4.06. The number of carbonyl (C=O) groups is 1. The fourth-order valence-corrected chi connectivity index (χ4v) is 3.23. The highest BCUT2D eigenvalue weighted by Crippen LogP contribution is 2.27. The van der Waals surface area contributed by atoms with Gasteiger partial charge in [-0.3, -0.25) is 4.79 Å². The van der Waals surface area contributed by atoms with E-state index in [0.717, 1.165) is 29.5 Å². The molecule has 1 aliphatic rings. The summed E-state index contributed by atoms with van der Waals surface area (Å²) in [6, 6.07) is 4.07. The molecule has 3 heterocycles. The van der Waals surface area contributed by atoms with Crippen molar-refractivity contribution in [3.63, 3.8) is 0 Å². The standard InChI is InChI=1S/C16H22N4OS/c1-16(2,3)10-18-15(21)13-11-9-17-6-7-20(11)14(19-13)12-5-4-8-22-12/h4-5,8,17H,6-7,9-10H2,1-3H3,(H,18,21). The SMILES string of the molecule is CC(C)(C)CNC(=O)c1nc(-c2cccs2)n2c1CNCC2. The van der Waals surface area contributed by atoms with E-state index in [1.807, 2.05) is 11.4 Å². The van der Waals surface area contributed by atoms with Gasteiger partial charge in [-0.25, -0.2) is 4.98 Å². The second-order valence-electron chi connectivity index (χ2n) is 6.78. The minimum atomic E-state index is -0.0785. The number of carbonyl (C=O) groups excluding carboxylic acids is 1. The Morgan fingerprint density at radius 2 is 2.32 bits per heavy atom. The highest BCUT2D eigenvalue weighted by atomic mass is 32.1. The highest BCUT2D eigenvalue weighted by Gasteiger charge is 2.25. The summed E-state index contributed by atoms with van der Waals surface area (Å²) in [4.78, 5) is 18.3. The predicted molar refractivity (Wildman–Crippen MR) is 89.0 cm³/mol. The van der Waals surface area contributed by atoms with E-state index in [2.05, 4.69) is 47.0 Å². The summed E-state index contributed by atoms with van der Waals surface area (Å²) in [5.41, 5.74) is 1.60. The lowest BCUT2D eigenvalue weighted by Crippen LogP contribution is -2.34. The Morgan fingerprint density at radius 3 is 3.00 bits per heavy atom. The lowest BCUT2D eigenvalue weighted by atomic mass is 9.97. The Balaban J connectivity index is 1.93. The molecule has 0 radical (unpaired) electrons. The molecule has 0 spiro atoms. The summed E-state index contributed by atoms with van der Waals surface area (Å²) < 4.78 is 2.17. The summed E-state index contributed by atoms with van der Waals surface area (Å²) in [5, 5.41) is 8.38. The molecular weight excluding hydrogens is 296 g/mol. The molecule has 0 fully saturated rings. The third kappa shape index (κ3) is 3.08. The number of aromatic nitrogens is 2. The number of rotatable bonds is 3. The molecule has 2 aromatic rings. The summed E-state index contributed by atoms with van der Waals surface area (Å²) >= 11 is 1.66. The maximum Gasteiger partial charge on any atom is 0.271 e. The molecule has 0 atom stereocenters. The van der Waals surface area contributed by atoms with Crippen LogP contribution in [-0.4, -0.2) is 28.5 Å². The van der Waals surface area contributed by atoms with Crippen LogP contribution in [0.4, 0.5) is 0 Å². The fraction of sp³-hybridized carbons (Fsp3) is 0.500. The van der Waals surface area contributed by atoms with Gasteiger partial charge in [-0.2, -0.15) is 0 Å². The third-order valence-electron chi connectivity index (χ3n) is 3.61. The van der Waals surface area contributed by atoms with Crippen LogP contribution in [0.3, 0.4) is 0 Å². The van der Waals surface area contributed by atoms with Crippen LogP contribution in [-0.2, 0) is 13.1 Å². The van der Waals surface area contributed by atoms with Gasteiger partial charge in [0.1, 0.15) is 0 Å². The largest absolute Gasteiger partial charge is 0.350 e. The second kappa shape index (κ2) is 5.85. The number of thiophene rings is 1. The number of hydrogen-bond acceptors (Lipinski definition) is 4. The number of amides is 1. The summed E-state index contributed by atoms with van der Waals surface area (Å²) in [7, 11) is 0. The molecule has 2 N–H and O–H groups in total. The number of fused-ring (bicyclic) bond motifs is 1. The van der Waals surface area contributed by atoms with Gasteiger partial charge >= 0.3 is 0 Å². The molecule has 0 bridgehead atoms. The molecule has 0 unspecified atom stereocenters. The van der Waals surface area contributed by atoms with Gasteiger partial charge in [0.05, 0.1) is 10.6 Å². The van der Waals surface area contributed by atoms with Gasteiger partial charge in [-0.15, -0.1) is 11.3 Å². The molecular formula is C16H22N4OS. The quantitative estimate of drug-likeness (QED) is 0.914. The van der Waals surface area contributed by atoms with Gasteiger partial charge in [0.25, 0.3) is 5.91 Å². The van der Waals surface area contributed by atoms with Gasteiger partial charge < -0.3 is 15.2 Å². The minimum absolute atomic E-state index is 0.0598. The normalized spacial score (nSPS) is 14.7. The van der Waals surface area contributed by atoms with Crippen LogP contribution in [0.15, 0.2) is 17.5 Å². The van der Waals surface area contributed by atoms with Crippen molar-refractivity contribution in [3.8, 4) is 10.7 Å². The molecule has 3 rings (SSSR count). The number of imidazole rings is 1. The Hall–Kier alpha value is -1.66. The van der Waals surface area contributed by atoms with Crippen molar-refractivity contribution in [2.75, 3.05) is 13.1 Å². The first-order valence-electron chi connectivity index (χ1n) is 7.58. The molecule has 118 valence electrons. The van der Waals surface area contributed by atoms with Crippen LogP contribution in [0, 0.1) is 5.41 Å². The molecule has 1 amide bonds. The molecule has 0 aliphatic carbocycles. The third-order valence-corrected chi connectivity index (χ3v) is 4.48. The molecule has 0 saturated carbocycles. The lowest BCUT2D eigenvalue weighted by Gasteiger charge is -2.20. The zero-order chi connectivity index (χ0) is 15.7. The summed E-state index contributed by atoms with van der Waals surface area (Å²) in [6.45, 7) is 9.40. The fourth-order valence-electron chi connectivity index (χ4n) is 2.51. The van der Waals surface area contributed by atoms with Crippen LogP contribution in [0.25, 0.3) is 10.7 Å².